The molecule has 0 saturated heterocycles. The lowest BCUT2D eigenvalue weighted by atomic mass is 10.0. The molecular weight excluding hydrogens is 256 g/mol. The Labute approximate surface area is 117 Å². The second-order valence-corrected chi connectivity index (χ2v) is 4.80. The number of nitrogens with one attached hydrogen (secondary N) is 1. The molecule has 6 nitrogen and oxygen atoms in total. The summed E-state index contributed by atoms with van der Waals surface area (Å²) in [6.45, 7) is 1.36. The Bertz CT molecular complexity index is 597. The van der Waals surface area contributed by atoms with Crippen molar-refractivity contribution in [3.05, 3.63) is 41.7 Å². The van der Waals surface area contributed by atoms with E-state index in [0.29, 0.717) is 13.2 Å². The van der Waals surface area contributed by atoms with Crippen LogP contribution >= 0.6 is 0 Å². The first-order valence-corrected chi connectivity index (χ1v) is 6.62. The van der Waals surface area contributed by atoms with Crippen molar-refractivity contribution in [3.8, 4) is 11.5 Å². The topological polar surface area (TPSA) is 74.3 Å². The maximum atomic E-state index is 5.71. The maximum Gasteiger partial charge on any atom is 0.161 e. The van der Waals surface area contributed by atoms with Gasteiger partial charge in [0.1, 0.15) is 0 Å². The number of hydrazine groups is 1. The third kappa shape index (κ3) is 2.48. The van der Waals surface area contributed by atoms with Gasteiger partial charge in [-0.05, 0) is 17.7 Å². The molecule has 1 aliphatic heterocycles. The summed E-state index contributed by atoms with van der Waals surface area (Å²) in [5, 5.41) is 4.18. The molecule has 2 aromatic rings. The molecule has 20 heavy (non-hydrogen) atoms. The van der Waals surface area contributed by atoms with Gasteiger partial charge in [-0.15, -0.1) is 0 Å². The van der Waals surface area contributed by atoms with Crippen LogP contribution < -0.4 is 20.7 Å². The van der Waals surface area contributed by atoms with Crippen LogP contribution in [-0.4, -0.2) is 23.0 Å². The number of aryl methyl sites for hydroxylation is 1. The van der Waals surface area contributed by atoms with Gasteiger partial charge in [0.25, 0.3) is 0 Å². The van der Waals surface area contributed by atoms with E-state index in [9.17, 15) is 0 Å². The van der Waals surface area contributed by atoms with Gasteiger partial charge in [0.2, 0.25) is 0 Å². The lowest BCUT2D eigenvalue weighted by Gasteiger charge is -2.16. The first kappa shape index (κ1) is 13.0. The van der Waals surface area contributed by atoms with E-state index in [1.165, 1.54) is 0 Å². The van der Waals surface area contributed by atoms with Gasteiger partial charge in [0.05, 0.1) is 25.5 Å². The molecular formula is C14H18N4O2. The Hall–Kier alpha value is -2.05. The van der Waals surface area contributed by atoms with Gasteiger partial charge in [0, 0.05) is 25.2 Å². The monoisotopic (exact) mass is 274 g/mol. The standard InChI is InChI=1S/C14H18N4O2/c1-18-9-11(8-16-18)14(17-15)10-3-4-12-13(7-10)20-6-2-5-19-12/h3-4,7-9,14,17H,2,5-6,15H2,1H3. The zero-order valence-electron chi connectivity index (χ0n) is 11.4. The second kappa shape index (κ2) is 5.52. The van der Waals surface area contributed by atoms with Crippen LogP contribution in [0.3, 0.4) is 0 Å². The SMILES string of the molecule is Cn1cc(C(NN)c2ccc3c(c2)OCCCO3)cn1. The quantitative estimate of drug-likeness (QED) is 0.648. The summed E-state index contributed by atoms with van der Waals surface area (Å²) in [5.41, 5.74) is 4.84. The molecule has 0 radical (unpaired) electrons. The Morgan fingerprint density at radius 3 is 2.75 bits per heavy atom. The molecule has 0 saturated carbocycles. The van der Waals surface area contributed by atoms with Gasteiger partial charge in [-0.2, -0.15) is 5.10 Å². The van der Waals surface area contributed by atoms with E-state index in [0.717, 1.165) is 29.0 Å². The maximum absolute atomic E-state index is 5.71. The Kier molecular flexibility index (Phi) is 3.58. The van der Waals surface area contributed by atoms with E-state index in [1.807, 2.05) is 31.4 Å². The number of fused-ring (bicyclic) bond motifs is 1. The van der Waals surface area contributed by atoms with Crippen molar-refractivity contribution in [2.45, 2.75) is 12.5 Å². The molecule has 6 heteroatoms. The lowest BCUT2D eigenvalue weighted by molar-refractivity contribution is 0.297. The largest absolute Gasteiger partial charge is 0.490 e. The molecule has 0 spiro atoms. The third-order valence-electron chi connectivity index (χ3n) is 3.33. The molecule has 1 unspecified atom stereocenters. The van der Waals surface area contributed by atoms with E-state index in [-0.39, 0.29) is 6.04 Å². The van der Waals surface area contributed by atoms with Crippen LogP contribution in [0, 0.1) is 0 Å². The zero-order chi connectivity index (χ0) is 13.9. The molecule has 0 amide bonds. The van der Waals surface area contributed by atoms with E-state index in [1.54, 1.807) is 10.9 Å². The number of nitrogens with two attached hydrogens (primary N) is 1. The highest BCUT2D eigenvalue weighted by Gasteiger charge is 2.18. The van der Waals surface area contributed by atoms with Gasteiger partial charge in [0.15, 0.2) is 11.5 Å². The van der Waals surface area contributed by atoms with Crippen LogP contribution in [-0.2, 0) is 7.05 Å². The van der Waals surface area contributed by atoms with Crippen molar-refractivity contribution in [1.29, 1.82) is 0 Å². The van der Waals surface area contributed by atoms with Crippen molar-refractivity contribution in [1.82, 2.24) is 15.2 Å². The molecule has 3 rings (SSSR count). The average molecular weight is 274 g/mol. The number of ether oxygens (including phenoxy) is 2. The minimum atomic E-state index is -0.124. The predicted molar refractivity (Wildman–Crippen MR) is 74.4 cm³/mol. The molecule has 106 valence electrons. The van der Waals surface area contributed by atoms with E-state index in [2.05, 4.69) is 10.5 Å². The average Bonchev–Trinajstić information content (AvgIpc) is 2.75. The van der Waals surface area contributed by atoms with Crippen molar-refractivity contribution < 1.29 is 9.47 Å². The van der Waals surface area contributed by atoms with Crippen molar-refractivity contribution in [2.24, 2.45) is 12.9 Å². The van der Waals surface area contributed by atoms with Crippen LogP contribution in [0.4, 0.5) is 0 Å². The summed E-state index contributed by atoms with van der Waals surface area (Å²) in [5.74, 6) is 7.25. The summed E-state index contributed by atoms with van der Waals surface area (Å²) < 4.78 is 13.1. The summed E-state index contributed by atoms with van der Waals surface area (Å²) in [6.07, 6.45) is 4.63. The summed E-state index contributed by atoms with van der Waals surface area (Å²) in [6, 6.07) is 5.76. The normalized spacial score (nSPS) is 15.7. The number of hydrogen-bond donors (Lipinski definition) is 2. The van der Waals surface area contributed by atoms with Crippen LogP contribution in [0.5, 0.6) is 11.5 Å². The predicted octanol–water partition coefficient (Wildman–Crippen LogP) is 1.13. The van der Waals surface area contributed by atoms with E-state index in [4.69, 9.17) is 15.3 Å². The van der Waals surface area contributed by atoms with Gasteiger partial charge < -0.3 is 9.47 Å². The lowest BCUT2D eigenvalue weighted by Crippen LogP contribution is -2.28. The molecule has 0 fully saturated rings. The third-order valence-corrected chi connectivity index (χ3v) is 3.33. The fourth-order valence-electron chi connectivity index (χ4n) is 2.33. The van der Waals surface area contributed by atoms with Gasteiger partial charge in [-0.3, -0.25) is 10.5 Å². The van der Waals surface area contributed by atoms with E-state index < -0.39 is 0 Å². The summed E-state index contributed by atoms with van der Waals surface area (Å²) >= 11 is 0. The minimum absolute atomic E-state index is 0.124. The number of aromatic nitrogens is 2. The van der Waals surface area contributed by atoms with Crippen molar-refractivity contribution >= 4 is 0 Å². The Morgan fingerprint density at radius 1 is 1.25 bits per heavy atom. The van der Waals surface area contributed by atoms with Crippen LogP contribution in [0.2, 0.25) is 0 Å². The fraction of sp³-hybridized carbons (Fsp3) is 0.357. The van der Waals surface area contributed by atoms with E-state index >= 15 is 0 Å². The van der Waals surface area contributed by atoms with Gasteiger partial charge >= 0.3 is 0 Å². The van der Waals surface area contributed by atoms with Crippen LogP contribution in [0.15, 0.2) is 30.6 Å². The number of benzene rings is 1. The Morgan fingerprint density at radius 2 is 2.05 bits per heavy atom. The van der Waals surface area contributed by atoms with Crippen molar-refractivity contribution in [2.75, 3.05) is 13.2 Å². The zero-order valence-corrected chi connectivity index (χ0v) is 11.4. The molecule has 1 aromatic heterocycles. The number of hydrogen-bond acceptors (Lipinski definition) is 5. The molecule has 3 N–H and O–H groups in total. The highest BCUT2D eigenvalue weighted by molar-refractivity contribution is 5.45. The fourth-order valence-corrected chi connectivity index (χ4v) is 2.33. The van der Waals surface area contributed by atoms with Crippen LogP contribution in [0.1, 0.15) is 23.6 Å². The molecule has 1 aromatic carbocycles. The second-order valence-electron chi connectivity index (χ2n) is 4.80. The first-order valence-electron chi connectivity index (χ1n) is 6.62. The van der Waals surface area contributed by atoms with Gasteiger partial charge in [-0.25, -0.2) is 5.43 Å². The molecule has 1 atom stereocenters. The minimum Gasteiger partial charge on any atom is -0.490 e. The highest BCUT2D eigenvalue weighted by Crippen LogP contribution is 2.33. The summed E-state index contributed by atoms with van der Waals surface area (Å²) in [7, 11) is 1.88. The van der Waals surface area contributed by atoms with Crippen LogP contribution in [0.25, 0.3) is 0 Å². The smallest absolute Gasteiger partial charge is 0.161 e. The molecule has 2 heterocycles. The summed E-state index contributed by atoms with van der Waals surface area (Å²) in [4.78, 5) is 0. The molecule has 0 aliphatic carbocycles. The first-order chi connectivity index (χ1) is 9.78. The number of rotatable bonds is 3. The Balaban J connectivity index is 1.94. The highest BCUT2D eigenvalue weighted by atomic mass is 16.5. The van der Waals surface area contributed by atoms with Crippen molar-refractivity contribution in [3.63, 3.8) is 0 Å². The van der Waals surface area contributed by atoms with Gasteiger partial charge in [-0.1, -0.05) is 6.07 Å². The number of nitrogens with zero attached hydrogens (tertiary/aromatic N) is 2. The molecule has 1 aliphatic rings. The molecule has 0 bridgehead atoms.